The molecule has 0 atom stereocenters. The van der Waals surface area contributed by atoms with E-state index in [1.807, 2.05) is 18.2 Å². The Kier molecular flexibility index (Phi) is 10.5. The summed E-state index contributed by atoms with van der Waals surface area (Å²) in [6.45, 7) is 5.04. The van der Waals surface area contributed by atoms with Crippen LogP contribution in [-0.2, 0) is 6.42 Å². The summed E-state index contributed by atoms with van der Waals surface area (Å²) in [5.74, 6) is 1.46. The molecule has 0 radical (unpaired) electrons. The highest BCUT2D eigenvalue weighted by atomic mass is 16.5. The second-order valence-corrected chi connectivity index (χ2v) is 9.18. The molecule has 5 nitrogen and oxygen atoms in total. The number of nitrogens with one attached hydrogen (secondary N) is 1. The van der Waals surface area contributed by atoms with E-state index in [-0.39, 0.29) is 5.91 Å². The first-order valence-corrected chi connectivity index (χ1v) is 12.9. The van der Waals surface area contributed by atoms with Gasteiger partial charge in [-0.3, -0.25) is 4.79 Å². The molecule has 0 aromatic heterocycles. The van der Waals surface area contributed by atoms with Crippen LogP contribution in [0.2, 0.25) is 0 Å². The third-order valence-electron chi connectivity index (χ3n) is 6.45. The molecule has 0 aliphatic heterocycles. The normalized spacial score (nSPS) is 14.0. The molecule has 2 aromatic carbocycles. The molecule has 0 unspecified atom stereocenters. The summed E-state index contributed by atoms with van der Waals surface area (Å²) < 4.78 is 11.2. The highest BCUT2D eigenvalue weighted by molar-refractivity contribution is 6.05. The van der Waals surface area contributed by atoms with Crippen LogP contribution in [0.3, 0.4) is 0 Å². The molecule has 3 rings (SSSR count). The van der Waals surface area contributed by atoms with Crippen LogP contribution in [0.5, 0.6) is 11.5 Å². The Balaban J connectivity index is 1.45. The average molecular weight is 465 g/mol. The van der Waals surface area contributed by atoms with Gasteiger partial charge in [0.15, 0.2) is 0 Å². The van der Waals surface area contributed by atoms with Crippen LogP contribution in [0.25, 0.3) is 0 Å². The Labute approximate surface area is 204 Å². The number of rotatable bonds is 13. The van der Waals surface area contributed by atoms with E-state index in [9.17, 15) is 4.79 Å². The fourth-order valence-electron chi connectivity index (χ4n) is 4.55. The minimum Gasteiger partial charge on any atom is -0.497 e. The summed E-state index contributed by atoms with van der Waals surface area (Å²) in [6.07, 6.45) is 13.1. The average Bonchev–Trinajstić information content (AvgIpc) is 2.86. The quantitative estimate of drug-likeness (QED) is 0.257. The lowest BCUT2D eigenvalue weighted by molar-refractivity contribution is 0.0954. The van der Waals surface area contributed by atoms with Crippen molar-refractivity contribution in [1.82, 2.24) is 5.43 Å². The summed E-state index contributed by atoms with van der Waals surface area (Å²) in [4.78, 5) is 12.6. The first-order chi connectivity index (χ1) is 16.6. The van der Waals surface area contributed by atoms with Gasteiger partial charge in [0, 0.05) is 11.1 Å². The molecule has 1 amide bonds. The number of benzene rings is 2. The number of carbonyl (C=O) groups excluding carboxylic acids is 1. The molecular formula is C29H40N2O3. The maximum Gasteiger partial charge on any atom is 0.271 e. The highest BCUT2D eigenvalue weighted by Crippen LogP contribution is 2.29. The summed E-state index contributed by atoms with van der Waals surface area (Å²) in [7, 11) is 1.69. The second-order valence-electron chi connectivity index (χ2n) is 9.18. The molecule has 2 aromatic rings. The van der Waals surface area contributed by atoms with Crippen LogP contribution in [0, 0.1) is 6.92 Å². The Morgan fingerprint density at radius 3 is 2.35 bits per heavy atom. The summed E-state index contributed by atoms with van der Waals surface area (Å²) in [6, 6.07) is 11.4. The maximum absolute atomic E-state index is 12.6. The molecule has 0 spiro atoms. The van der Waals surface area contributed by atoms with Gasteiger partial charge in [-0.05, 0) is 80.1 Å². The predicted octanol–water partition coefficient (Wildman–Crippen LogP) is 6.99. The first-order valence-electron chi connectivity index (χ1n) is 12.9. The van der Waals surface area contributed by atoms with Crippen molar-refractivity contribution in [3.05, 3.63) is 58.7 Å². The van der Waals surface area contributed by atoms with E-state index in [0.29, 0.717) is 5.56 Å². The monoisotopic (exact) mass is 464 g/mol. The minimum atomic E-state index is -0.208. The number of hydrazone groups is 1. The van der Waals surface area contributed by atoms with Gasteiger partial charge in [-0.1, -0.05) is 51.9 Å². The van der Waals surface area contributed by atoms with Crippen LogP contribution < -0.4 is 14.9 Å². The fraction of sp³-hybridized carbons (Fsp3) is 0.517. The molecule has 0 saturated carbocycles. The number of unbranched alkanes of at least 4 members (excludes halogenated alkanes) is 7. The molecule has 0 heterocycles. The van der Waals surface area contributed by atoms with Gasteiger partial charge in [-0.25, -0.2) is 5.43 Å². The van der Waals surface area contributed by atoms with Crippen LogP contribution in [0.4, 0.5) is 0 Å². The maximum atomic E-state index is 12.6. The van der Waals surface area contributed by atoms with Crippen molar-refractivity contribution in [2.75, 3.05) is 13.7 Å². The van der Waals surface area contributed by atoms with Gasteiger partial charge in [0.2, 0.25) is 0 Å². The van der Waals surface area contributed by atoms with Crippen LogP contribution >= 0.6 is 0 Å². The Bertz CT molecular complexity index is 951. The number of nitrogens with zero attached hydrogens (tertiary/aromatic N) is 1. The van der Waals surface area contributed by atoms with Crippen molar-refractivity contribution in [3.63, 3.8) is 0 Å². The van der Waals surface area contributed by atoms with Gasteiger partial charge < -0.3 is 9.47 Å². The standard InChI is InChI=1S/C29H40N2O3/c1-4-5-6-7-8-9-10-11-19-34-25-17-15-23(16-18-25)29(32)31-30-27-14-12-13-24-21-26(33-3)20-22(2)28(24)27/h15-18,20-21H,4-14,19H2,1-3H3,(H,31,32)/b30-27-. The van der Waals surface area contributed by atoms with Gasteiger partial charge in [0.1, 0.15) is 11.5 Å². The molecule has 1 aliphatic carbocycles. The van der Waals surface area contributed by atoms with Crippen molar-refractivity contribution < 1.29 is 14.3 Å². The molecule has 1 aliphatic rings. The molecule has 1 N–H and O–H groups in total. The van der Waals surface area contributed by atoms with E-state index in [1.54, 1.807) is 19.2 Å². The molecule has 0 saturated heterocycles. The van der Waals surface area contributed by atoms with Crippen molar-refractivity contribution in [1.29, 1.82) is 0 Å². The van der Waals surface area contributed by atoms with Gasteiger partial charge >= 0.3 is 0 Å². The van der Waals surface area contributed by atoms with E-state index < -0.39 is 0 Å². The van der Waals surface area contributed by atoms with Gasteiger partial charge in [-0.2, -0.15) is 5.10 Å². The lowest BCUT2D eigenvalue weighted by Crippen LogP contribution is -2.22. The molecule has 184 valence electrons. The SMILES string of the molecule is CCCCCCCCCCOc1ccc(C(=O)N/N=C2/CCCc3cc(OC)cc(C)c32)cc1. The number of methoxy groups -OCH3 is 1. The van der Waals surface area contributed by atoms with Crippen molar-refractivity contribution in [3.8, 4) is 11.5 Å². The topological polar surface area (TPSA) is 59.9 Å². The Morgan fingerprint density at radius 1 is 0.941 bits per heavy atom. The van der Waals surface area contributed by atoms with Crippen molar-refractivity contribution in [2.45, 2.75) is 84.5 Å². The van der Waals surface area contributed by atoms with E-state index >= 15 is 0 Å². The van der Waals surface area contributed by atoms with Gasteiger partial charge in [0.05, 0.1) is 19.4 Å². The van der Waals surface area contributed by atoms with Crippen LogP contribution in [0.1, 0.15) is 98.2 Å². The van der Waals surface area contributed by atoms with Gasteiger partial charge in [0.25, 0.3) is 5.91 Å². The predicted molar refractivity (Wildman–Crippen MR) is 139 cm³/mol. The van der Waals surface area contributed by atoms with E-state index in [1.165, 1.54) is 50.5 Å². The number of ether oxygens (including phenoxy) is 2. The van der Waals surface area contributed by atoms with E-state index in [0.717, 1.165) is 60.6 Å². The zero-order valence-electron chi connectivity index (χ0n) is 21.1. The summed E-state index contributed by atoms with van der Waals surface area (Å²) in [5, 5.41) is 4.49. The molecule has 5 heteroatoms. The first kappa shape index (κ1) is 25.8. The number of carbonyl (C=O) groups is 1. The molecule has 34 heavy (non-hydrogen) atoms. The summed E-state index contributed by atoms with van der Waals surface area (Å²) in [5.41, 5.74) is 7.74. The zero-order valence-corrected chi connectivity index (χ0v) is 21.1. The lowest BCUT2D eigenvalue weighted by Gasteiger charge is -2.21. The minimum absolute atomic E-state index is 0.208. The number of amides is 1. The lowest BCUT2D eigenvalue weighted by atomic mass is 9.87. The third kappa shape index (κ3) is 7.61. The number of fused-ring (bicyclic) bond motifs is 1. The van der Waals surface area contributed by atoms with Crippen LogP contribution in [-0.4, -0.2) is 25.3 Å². The largest absolute Gasteiger partial charge is 0.497 e. The van der Waals surface area contributed by atoms with E-state index in [2.05, 4.69) is 30.4 Å². The third-order valence-corrected chi connectivity index (χ3v) is 6.45. The number of hydrogen-bond donors (Lipinski definition) is 1. The van der Waals surface area contributed by atoms with E-state index in [4.69, 9.17) is 9.47 Å². The fourth-order valence-corrected chi connectivity index (χ4v) is 4.55. The zero-order chi connectivity index (χ0) is 24.2. The molecular weight excluding hydrogens is 424 g/mol. The smallest absolute Gasteiger partial charge is 0.271 e. The number of aryl methyl sites for hydroxylation is 2. The molecule has 0 fully saturated rings. The highest BCUT2D eigenvalue weighted by Gasteiger charge is 2.19. The Morgan fingerprint density at radius 2 is 1.65 bits per heavy atom. The molecule has 0 bridgehead atoms. The van der Waals surface area contributed by atoms with Crippen molar-refractivity contribution in [2.24, 2.45) is 5.10 Å². The number of hydrogen-bond acceptors (Lipinski definition) is 4. The van der Waals surface area contributed by atoms with Gasteiger partial charge in [-0.15, -0.1) is 0 Å². The van der Waals surface area contributed by atoms with Crippen molar-refractivity contribution >= 4 is 11.6 Å². The van der Waals surface area contributed by atoms with Crippen LogP contribution in [0.15, 0.2) is 41.5 Å². The summed E-state index contributed by atoms with van der Waals surface area (Å²) >= 11 is 0. The second kappa shape index (κ2) is 13.8. The Hall–Kier alpha value is -2.82.